The second-order valence-electron chi connectivity index (χ2n) is 9.83. The molecule has 2 fully saturated rings. The summed E-state index contributed by atoms with van der Waals surface area (Å²) in [4.78, 5) is 21.6. The van der Waals surface area contributed by atoms with E-state index in [1.807, 2.05) is 22.4 Å². The fraction of sp³-hybridized carbons (Fsp3) is 0.600. The Balaban J connectivity index is 1.06. The molecule has 4 heterocycles. The highest BCUT2D eigenvalue weighted by atomic mass is 32.1. The van der Waals surface area contributed by atoms with Crippen LogP contribution in [-0.4, -0.2) is 71.2 Å². The Morgan fingerprint density at radius 3 is 2.70 bits per heavy atom. The molecule has 5 rings (SSSR count). The van der Waals surface area contributed by atoms with Gasteiger partial charge in [-0.2, -0.15) is 0 Å². The molecule has 0 bridgehead atoms. The quantitative estimate of drug-likeness (QED) is 0.639. The van der Waals surface area contributed by atoms with Gasteiger partial charge in [0.2, 0.25) is 0 Å². The number of benzene rings is 1. The summed E-state index contributed by atoms with van der Waals surface area (Å²) in [6.45, 7) is 7.88. The molecule has 2 aromatic rings. The van der Waals surface area contributed by atoms with Gasteiger partial charge in [-0.3, -0.25) is 9.69 Å². The van der Waals surface area contributed by atoms with Gasteiger partial charge in [0, 0.05) is 55.8 Å². The minimum Gasteiger partial charge on any atom is -0.483 e. The highest BCUT2D eigenvalue weighted by Gasteiger charge is 2.33. The van der Waals surface area contributed by atoms with Crippen molar-refractivity contribution in [2.24, 2.45) is 0 Å². The van der Waals surface area contributed by atoms with E-state index < -0.39 is 0 Å². The summed E-state index contributed by atoms with van der Waals surface area (Å²) in [6.07, 6.45) is 7.01. The molecule has 0 N–H and O–H groups in total. The van der Waals surface area contributed by atoms with Gasteiger partial charge in [-0.15, -0.1) is 0 Å². The van der Waals surface area contributed by atoms with Gasteiger partial charge >= 0.3 is 0 Å². The Labute approximate surface area is 199 Å². The van der Waals surface area contributed by atoms with Gasteiger partial charge in [0.1, 0.15) is 11.7 Å². The molecule has 0 spiro atoms. The molecule has 33 heavy (non-hydrogen) atoms. The number of rotatable bonds is 6. The third-order valence-electron chi connectivity index (χ3n) is 6.89. The van der Waals surface area contributed by atoms with Crippen molar-refractivity contribution in [3.05, 3.63) is 35.3 Å². The van der Waals surface area contributed by atoms with Crippen LogP contribution in [-0.2, 0) is 11.2 Å². The van der Waals surface area contributed by atoms with Crippen LogP contribution in [0.25, 0.3) is 0 Å². The molecular formula is C25H33N3O4S. The van der Waals surface area contributed by atoms with Gasteiger partial charge in [0.15, 0.2) is 18.1 Å². The monoisotopic (exact) mass is 471 g/mol. The molecule has 1 aromatic carbocycles. The fourth-order valence-corrected chi connectivity index (χ4v) is 5.73. The number of carbonyl (C=O) groups excluding carboxylic acids is 1. The Bertz CT molecular complexity index is 949. The van der Waals surface area contributed by atoms with E-state index in [2.05, 4.69) is 29.8 Å². The summed E-state index contributed by atoms with van der Waals surface area (Å²) in [7, 11) is 0. The summed E-state index contributed by atoms with van der Waals surface area (Å²) in [5.41, 5.74) is 0.918. The minimum absolute atomic E-state index is 0.0545. The van der Waals surface area contributed by atoms with Crippen molar-refractivity contribution < 1.29 is 19.0 Å². The highest BCUT2D eigenvalue weighted by molar-refractivity contribution is 7.11. The topological polar surface area (TPSA) is 64.1 Å². The average molecular weight is 472 g/mol. The van der Waals surface area contributed by atoms with Crippen molar-refractivity contribution >= 4 is 17.2 Å². The summed E-state index contributed by atoms with van der Waals surface area (Å²) in [5.74, 6) is 1.51. The lowest BCUT2D eigenvalue weighted by Crippen LogP contribution is -2.50. The molecule has 3 aliphatic heterocycles. The SMILES string of the molecule is CC1(C)Cc2cccc(OCC(=O)N3CCC(N4CCC(Oc5nccs5)CC4)CC3)c2O1. The number of aromatic nitrogens is 1. The van der Waals surface area contributed by atoms with Crippen molar-refractivity contribution in [1.82, 2.24) is 14.8 Å². The lowest BCUT2D eigenvalue weighted by atomic mass is 9.99. The van der Waals surface area contributed by atoms with Crippen LogP contribution in [0.2, 0.25) is 0 Å². The zero-order chi connectivity index (χ0) is 22.8. The maximum Gasteiger partial charge on any atom is 0.273 e. The average Bonchev–Trinajstić information content (AvgIpc) is 3.44. The van der Waals surface area contributed by atoms with E-state index in [1.54, 1.807) is 17.5 Å². The van der Waals surface area contributed by atoms with Crippen molar-refractivity contribution in [3.63, 3.8) is 0 Å². The van der Waals surface area contributed by atoms with Crippen LogP contribution in [0.5, 0.6) is 16.7 Å². The second kappa shape index (κ2) is 9.50. The fourth-order valence-electron chi connectivity index (χ4n) is 5.18. The van der Waals surface area contributed by atoms with Crippen LogP contribution in [0.15, 0.2) is 29.8 Å². The smallest absolute Gasteiger partial charge is 0.273 e. The number of piperidine rings is 2. The van der Waals surface area contributed by atoms with E-state index in [9.17, 15) is 4.79 Å². The van der Waals surface area contributed by atoms with Crippen LogP contribution in [0, 0.1) is 0 Å². The van der Waals surface area contributed by atoms with E-state index in [0.29, 0.717) is 11.8 Å². The molecule has 1 amide bonds. The molecule has 0 saturated carbocycles. The maximum atomic E-state index is 12.8. The molecule has 7 nitrogen and oxygen atoms in total. The second-order valence-corrected chi connectivity index (χ2v) is 10.7. The molecular weight excluding hydrogens is 438 g/mol. The number of nitrogens with zero attached hydrogens (tertiary/aromatic N) is 3. The largest absolute Gasteiger partial charge is 0.483 e. The third kappa shape index (κ3) is 5.27. The standard InChI is InChI=1S/C25H33N3O4S/c1-25(2)16-18-4-3-5-21(23(18)32-25)30-17-22(29)28-11-6-19(7-12-28)27-13-8-20(9-14-27)31-24-26-10-15-33-24/h3-5,10,15,19-20H,6-9,11-14,16-17H2,1-2H3. The van der Waals surface area contributed by atoms with E-state index in [4.69, 9.17) is 14.2 Å². The molecule has 178 valence electrons. The number of carbonyl (C=O) groups is 1. The molecule has 0 unspecified atom stereocenters. The summed E-state index contributed by atoms with van der Waals surface area (Å²) in [5, 5.41) is 2.73. The van der Waals surface area contributed by atoms with Crippen LogP contribution < -0.4 is 14.2 Å². The maximum absolute atomic E-state index is 12.8. The number of amides is 1. The van der Waals surface area contributed by atoms with Crippen LogP contribution in [0.3, 0.4) is 0 Å². The predicted molar refractivity (Wildman–Crippen MR) is 127 cm³/mol. The minimum atomic E-state index is -0.227. The summed E-state index contributed by atoms with van der Waals surface area (Å²) >= 11 is 1.55. The summed E-state index contributed by atoms with van der Waals surface area (Å²) in [6, 6.07) is 6.47. The Kier molecular flexibility index (Phi) is 6.47. The van der Waals surface area contributed by atoms with E-state index in [-0.39, 0.29) is 24.2 Å². The number of fused-ring (bicyclic) bond motifs is 1. The highest BCUT2D eigenvalue weighted by Crippen LogP contribution is 2.41. The molecule has 0 aliphatic carbocycles. The molecule has 3 aliphatic rings. The molecule has 0 radical (unpaired) electrons. The summed E-state index contributed by atoms with van der Waals surface area (Å²) < 4.78 is 18.0. The van der Waals surface area contributed by atoms with Crippen molar-refractivity contribution in [3.8, 4) is 16.7 Å². The normalized spacial score (nSPS) is 21.5. The van der Waals surface area contributed by atoms with E-state index in [1.165, 1.54) is 0 Å². The number of thiazole rings is 1. The zero-order valence-electron chi connectivity index (χ0n) is 19.5. The first kappa shape index (κ1) is 22.5. The van der Waals surface area contributed by atoms with Crippen LogP contribution >= 0.6 is 11.3 Å². The van der Waals surface area contributed by atoms with Crippen molar-refractivity contribution in [2.75, 3.05) is 32.8 Å². The third-order valence-corrected chi connectivity index (χ3v) is 7.55. The number of hydrogen-bond acceptors (Lipinski definition) is 7. The van der Waals surface area contributed by atoms with Crippen LogP contribution in [0.1, 0.15) is 45.1 Å². The van der Waals surface area contributed by atoms with Gasteiger partial charge in [-0.05, 0) is 45.6 Å². The predicted octanol–water partition coefficient (Wildman–Crippen LogP) is 3.77. The van der Waals surface area contributed by atoms with Crippen molar-refractivity contribution in [1.29, 1.82) is 0 Å². The Morgan fingerprint density at radius 2 is 1.97 bits per heavy atom. The first-order valence-electron chi connectivity index (χ1n) is 12.0. The van der Waals surface area contributed by atoms with Gasteiger partial charge in [0.25, 0.3) is 11.1 Å². The van der Waals surface area contributed by atoms with E-state index in [0.717, 1.165) is 74.8 Å². The Morgan fingerprint density at radius 1 is 1.18 bits per heavy atom. The van der Waals surface area contributed by atoms with Gasteiger partial charge in [0.05, 0.1) is 0 Å². The number of hydrogen-bond donors (Lipinski definition) is 0. The lowest BCUT2D eigenvalue weighted by molar-refractivity contribution is -0.135. The number of likely N-dealkylation sites (tertiary alicyclic amines) is 2. The Hall–Kier alpha value is -2.32. The molecule has 1 aromatic heterocycles. The van der Waals surface area contributed by atoms with Gasteiger partial charge < -0.3 is 19.1 Å². The van der Waals surface area contributed by atoms with Gasteiger partial charge in [-0.25, -0.2) is 4.98 Å². The molecule has 0 atom stereocenters. The zero-order valence-corrected chi connectivity index (χ0v) is 20.3. The molecule has 2 saturated heterocycles. The first-order chi connectivity index (χ1) is 16.0. The lowest BCUT2D eigenvalue weighted by Gasteiger charge is -2.41. The number of para-hydroxylation sites is 1. The number of ether oxygens (including phenoxy) is 3. The van der Waals surface area contributed by atoms with Crippen molar-refractivity contribution in [2.45, 2.75) is 63.7 Å². The van der Waals surface area contributed by atoms with Crippen LogP contribution in [0.4, 0.5) is 0 Å². The first-order valence-corrected chi connectivity index (χ1v) is 12.9. The van der Waals surface area contributed by atoms with E-state index >= 15 is 0 Å². The molecule has 8 heteroatoms. The van der Waals surface area contributed by atoms with Gasteiger partial charge in [-0.1, -0.05) is 23.5 Å².